The van der Waals surface area contributed by atoms with Crippen molar-refractivity contribution in [2.75, 3.05) is 7.11 Å². The molecule has 0 aliphatic heterocycles. The minimum absolute atomic E-state index is 0. The molecular formula is C34H29IrN5O-2. The van der Waals surface area contributed by atoms with E-state index in [-0.39, 0.29) is 20.1 Å². The number of pyridine rings is 1. The van der Waals surface area contributed by atoms with Crippen molar-refractivity contribution < 1.29 is 25.2 Å². The van der Waals surface area contributed by atoms with Crippen molar-refractivity contribution in [1.82, 2.24) is 24.1 Å². The van der Waals surface area contributed by atoms with Gasteiger partial charge in [-0.25, -0.2) is 0 Å². The van der Waals surface area contributed by atoms with E-state index in [1.54, 1.807) is 6.20 Å². The minimum atomic E-state index is 0. The molecule has 1 N–H and O–H groups in total. The molecule has 0 bridgehead atoms. The largest absolute Gasteiger partial charge is 0.400 e. The van der Waals surface area contributed by atoms with Crippen LogP contribution in [0.15, 0.2) is 115 Å². The van der Waals surface area contributed by atoms with Crippen LogP contribution in [0.2, 0.25) is 0 Å². The van der Waals surface area contributed by atoms with Crippen LogP contribution in [0.25, 0.3) is 56.1 Å². The third kappa shape index (κ3) is 6.33. The van der Waals surface area contributed by atoms with Gasteiger partial charge in [0.15, 0.2) is 0 Å². The molecule has 3 aromatic heterocycles. The molecule has 0 spiro atoms. The van der Waals surface area contributed by atoms with Crippen molar-refractivity contribution in [1.29, 1.82) is 0 Å². The molecule has 0 fully saturated rings. The number of aromatic nitrogens is 5. The van der Waals surface area contributed by atoms with Crippen molar-refractivity contribution in [3.8, 4) is 34.0 Å². The van der Waals surface area contributed by atoms with Gasteiger partial charge < -0.3 is 19.2 Å². The summed E-state index contributed by atoms with van der Waals surface area (Å²) in [5, 5.41) is 7.00. The summed E-state index contributed by atoms with van der Waals surface area (Å²) in [6.45, 7) is 0. The van der Waals surface area contributed by atoms with Crippen LogP contribution in [0, 0.1) is 12.1 Å². The second kappa shape index (κ2) is 13.8. The predicted molar refractivity (Wildman–Crippen MR) is 161 cm³/mol. The molecule has 207 valence electrons. The quantitative estimate of drug-likeness (QED) is 0.206. The molecule has 6 nitrogen and oxygen atoms in total. The topological polar surface area (TPSA) is 68.8 Å². The van der Waals surface area contributed by atoms with Crippen LogP contribution in [0.1, 0.15) is 0 Å². The maximum atomic E-state index is 7.00. The van der Waals surface area contributed by atoms with Crippen LogP contribution >= 0.6 is 0 Å². The first-order valence-corrected chi connectivity index (χ1v) is 12.9. The van der Waals surface area contributed by atoms with E-state index in [1.807, 2.05) is 111 Å². The molecule has 0 saturated heterocycles. The first-order chi connectivity index (χ1) is 19.7. The Hall–Kier alpha value is -4.42. The van der Waals surface area contributed by atoms with Gasteiger partial charge in [0, 0.05) is 47.5 Å². The van der Waals surface area contributed by atoms with E-state index in [0.29, 0.717) is 0 Å². The SMILES string of the molecule is CO.Cn1c(-c2[c-]c(-c3nc4ccccc4n3C)ccc2)nc2ccccc21.[Ir].[c-]1ccccc1-c1ccccn1. The number of aryl methyl sites for hydroxylation is 2. The van der Waals surface area contributed by atoms with Crippen LogP contribution in [0.4, 0.5) is 0 Å². The molecule has 7 aromatic rings. The molecular weight excluding hydrogens is 687 g/mol. The van der Waals surface area contributed by atoms with Gasteiger partial charge in [-0.15, -0.1) is 60.2 Å². The van der Waals surface area contributed by atoms with E-state index in [0.717, 1.165) is 63.2 Å². The number of para-hydroxylation sites is 4. The zero-order valence-corrected chi connectivity index (χ0v) is 25.4. The van der Waals surface area contributed by atoms with Crippen LogP contribution in [0.5, 0.6) is 0 Å². The molecule has 0 saturated carbocycles. The number of hydrogen-bond donors (Lipinski definition) is 1. The molecule has 0 aliphatic carbocycles. The summed E-state index contributed by atoms with van der Waals surface area (Å²) in [7, 11) is 5.08. The standard InChI is InChI=1S/C22H17N4.C11H8N.CH4O.Ir/c1-25-19-12-5-3-10-17(19)23-21(25)15-8-7-9-16(14-15)22-24-18-11-4-6-13-20(18)26(22)2;1-2-6-10(7-3-1)11-8-4-5-9-12-11;1-2;/h3-13H,1-2H3;1-6,8-9H;2H,1H3;/q2*-1;;. The van der Waals surface area contributed by atoms with Crippen molar-refractivity contribution in [2.45, 2.75) is 0 Å². The number of aliphatic hydroxyl groups excluding tert-OH is 1. The second-order valence-corrected chi connectivity index (χ2v) is 8.94. The molecule has 7 heteroatoms. The maximum Gasteiger partial charge on any atom is 0.0794 e. The fraction of sp³-hybridized carbons (Fsp3) is 0.0882. The van der Waals surface area contributed by atoms with Crippen LogP contribution in [-0.4, -0.2) is 36.3 Å². The Balaban J connectivity index is 0.000000218. The van der Waals surface area contributed by atoms with Crippen LogP contribution in [0.3, 0.4) is 0 Å². The van der Waals surface area contributed by atoms with Gasteiger partial charge in [0.05, 0.1) is 33.7 Å². The van der Waals surface area contributed by atoms with Crippen molar-refractivity contribution in [3.05, 3.63) is 128 Å². The van der Waals surface area contributed by atoms with Gasteiger partial charge in [-0.1, -0.05) is 47.5 Å². The first kappa shape index (κ1) is 29.6. The summed E-state index contributed by atoms with van der Waals surface area (Å²) < 4.78 is 4.22. The summed E-state index contributed by atoms with van der Waals surface area (Å²) in [6.07, 6.45) is 1.79. The third-order valence-electron chi connectivity index (χ3n) is 6.50. The molecule has 0 aliphatic rings. The normalized spacial score (nSPS) is 10.2. The number of rotatable bonds is 3. The molecule has 0 atom stereocenters. The molecule has 1 radical (unpaired) electrons. The summed E-state index contributed by atoms with van der Waals surface area (Å²) in [5.41, 5.74) is 8.16. The predicted octanol–water partition coefficient (Wildman–Crippen LogP) is 6.75. The molecule has 4 aromatic carbocycles. The Bertz CT molecular complexity index is 1710. The van der Waals surface area contributed by atoms with Gasteiger partial charge >= 0.3 is 0 Å². The van der Waals surface area contributed by atoms with E-state index in [1.165, 1.54) is 0 Å². The zero-order valence-electron chi connectivity index (χ0n) is 23.0. The molecule has 41 heavy (non-hydrogen) atoms. The molecule has 3 heterocycles. The summed E-state index contributed by atoms with van der Waals surface area (Å²) in [6, 6.07) is 42.8. The van der Waals surface area contributed by atoms with Gasteiger partial charge in [0.2, 0.25) is 0 Å². The fourth-order valence-electron chi connectivity index (χ4n) is 4.58. The smallest absolute Gasteiger partial charge is 0.0794 e. The van der Waals surface area contributed by atoms with E-state index >= 15 is 0 Å². The number of benzene rings is 4. The van der Waals surface area contributed by atoms with E-state index in [2.05, 4.69) is 38.4 Å². The van der Waals surface area contributed by atoms with Crippen LogP contribution in [-0.2, 0) is 34.2 Å². The average molecular weight is 716 g/mol. The Morgan fingerprint density at radius 1 is 0.585 bits per heavy atom. The second-order valence-electron chi connectivity index (χ2n) is 8.94. The number of nitrogens with zero attached hydrogens (tertiary/aromatic N) is 5. The number of imidazole rings is 2. The Morgan fingerprint density at radius 3 is 1.59 bits per heavy atom. The Kier molecular flexibility index (Phi) is 9.93. The maximum absolute atomic E-state index is 7.00. The van der Waals surface area contributed by atoms with Crippen molar-refractivity contribution in [2.24, 2.45) is 14.1 Å². The Labute approximate surface area is 253 Å². The van der Waals surface area contributed by atoms with Gasteiger partial charge in [-0.05, 0) is 36.0 Å². The van der Waals surface area contributed by atoms with Gasteiger partial charge in [0.1, 0.15) is 0 Å². The van der Waals surface area contributed by atoms with Gasteiger partial charge in [0.25, 0.3) is 0 Å². The average Bonchev–Trinajstić information content (AvgIpc) is 3.56. The number of aliphatic hydroxyl groups is 1. The monoisotopic (exact) mass is 716 g/mol. The third-order valence-corrected chi connectivity index (χ3v) is 6.50. The van der Waals surface area contributed by atoms with Crippen molar-refractivity contribution in [3.63, 3.8) is 0 Å². The summed E-state index contributed by atoms with van der Waals surface area (Å²) in [5.74, 6) is 1.82. The Morgan fingerprint density at radius 2 is 1.10 bits per heavy atom. The van der Waals surface area contributed by atoms with Crippen molar-refractivity contribution >= 4 is 22.1 Å². The summed E-state index contributed by atoms with van der Waals surface area (Å²) in [4.78, 5) is 13.8. The van der Waals surface area contributed by atoms with Gasteiger partial charge in [-0.3, -0.25) is 9.97 Å². The number of hydrogen-bond acceptors (Lipinski definition) is 4. The van der Waals surface area contributed by atoms with E-state index in [4.69, 9.17) is 15.1 Å². The molecule has 0 amide bonds. The molecule has 0 unspecified atom stereocenters. The van der Waals surface area contributed by atoms with Gasteiger partial charge in [-0.2, -0.15) is 0 Å². The van der Waals surface area contributed by atoms with Crippen LogP contribution < -0.4 is 0 Å². The molecule has 7 rings (SSSR count). The van der Waals surface area contributed by atoms with E-state index < -0.39 is 0 Å². The first-order valence-electron chi connectivity index (χ1n) is 12.9. The minimum Gasteiger partial charge on any atom is -0.400 e. The zero-order chi connectivity index (χ0) is 27.9. The summed E-state index contributed by atoms with van der Waals surface area (Å²) >= 11 is 0. The van der Waals surface area contributed by atoms with E-state index in [9.17, 15) is 0 Å². The number of fused-ring (bicyclic) bond motifs is 2. The fourth-order valence-corrected chi connectivity index (χ4v) is 4.58.